The molecule has 2 rings (SSSR count). The van der Waals surface area contributed by atoms with Crippen molar-refractivity contribution < 1.29 is 14.6 Å². The van der Waals surface area contributed by atoms with E-state index in [2.05, 4.69) is 9.72 Å². The third kappa shape index (κ3) is 1.94. The second kappa shape index (κ2) is 4.42. The average molecular weight is 235 g/mol. The fourth-order valence-electron chi connectivity index (χ4n) is 1.69. The maximum absolute atomic E-state index is 11.5. The van der Waals surface area contributed by atoms with Crippen LogP contribution < -0.4 is 5.73 Å². The first-order valence-electron chi connectivity index (χ1n) is 5.13. The molecule has 0 unspecified atom stereocenters. The lowest BCUT2D eigenvalue weighted by Crippen LogP contribution is -2.02. The van der Waals surface area contributed by atoms with Crippen LogP contribution in [0, 0.1) is 0 Å². The number of aliphatic hydroxyl groups is 1. The highest BCUT2D eigenvalue weighted by atomic mass is 16.5. The number of nitrogens with two attached hydrogens (primary N) is 1. The molecule has 0 fully saturated rings. The van der Waals surface area contributed by atoms with Crippen molar-refractivity contribution in [2.24, 2.45) is 0 Å². The van der Waals surface area contributed by atoms with Crippen molar-refractivity contribution in [3.05, 3.63) is 29.8 Å². The zero-order valence-corrected chi connectivity index (χ0v) is 9.38. The molecule has 0 saturated carbocycles. The summed E-state index contributed by atoms with van der Waals surface area (Å²) in [7, 11) is 1.30. The van der Waals surface area contributed by atoms with Crippen molar-refractivity contribution in [2.45, 2.75) is 6.42 Å². The van der Waals surface area contributed by atoms with Crippen LogP contribution in [-0.2, 0) is 11.2 Å². The van der Waals surface area contributed by atoms with Crippen LogP contribution in [0.1, 0.15) is 16.3 Å². The van der Waals surface area contributed by atoms with Crippen LogP contribution in [0.3, 0.4) is 0 Å². The number of aromatic nitrogens is 2. The lowest BCUT2D eigenvalue weighted by atomic mass is 10.3. The van der Waals surface area contributed by atoms with Gasteiger partial charge in [-0.3, -0.25) is 0 Å². The molecule has 0 atom stereocenters. The highest BCUT2D eigenvalue weighted by Gasteiger charge is 2.17. The molecular formula is C11H13N3O3. The van der Waals surface area contributed by atoms with Crippen molar-refractivity contribution in [2.75, 3.05) is 19.5 Å². The third-order valence-corrected chi connectivity index (χ3v) is 2.45. The van der Waals surface area contributed by atoms with E-state index >= 15 is 0 Å². The van der Waals surface area contributed by atoms with Gasteiger partial charge in [-0.05, 0) is 12.1 Å². The van der Waals surface area contributed by atoms with Gasteiger partial charge >= 0.3 is 5.97 Å². The van der Waals surface area contributed by atoms with Gasteiger partial charge in [0.15, 0.2) is 5.69 Å². The van der Waals surface area contributed by atoms with Crippen LogP contribution in [0.25, 0.3) is 5.52 Å². The maximum Gasteiger partial charge on any atom is 0.358 e. The van der Waals surface area contributed by atoms with Gasteiger partial charge in [-0.25, -0.2) is 9.78 Å². The summed E-state index contributed by atoms with van der Waals surface area (Å²) in [6, 6.07) is 3.39. The largest absolute Gasteiger partial charge is 0.464 e. The minimum Gasteiger partial charge on any atom is -0.464 e. The number of ether oxygens (including phenoxy) is 1. The fourth-order valence-corrected chi connectivity index (χ4v) is 1.69. The Hall–Kier alpha value is -2.08. The second-order valence-electron chi connectivity index (χ2n) is 3.56. The van der Waals surface area contributed by atoms with E-state index in [1.165, 1.54) is 7.11 Å². The summed E-state index contributed by atoms with van der Waals surface area (Å²) in [5.74, 6) is 0.0756. The van der Waals surface area contributed by atoms with E-state index in [0.717, 1.165) is 0 Å². The number of fused-ring (bicyclic) bond motifs is 1. The predicted molar refractivity (Wildman–Crippen MR) is 61.7 cm³/mol. The van der Waals surface area contributed by atoms with E-state index in [4.69, 9.17) is 10.8 Å². The monoisotopic (exact) mass is 235 g/mol. The van der Waals surface area contributed by atoms with Gasteiger partial charge in [-0.15, -0.1) is 0 Å². The first kappa shape index (κ1) is 11.4. The highest BCUT2D eigenvalue weighted by Crippen LogP contribution is 2.17. The number of hydrogen-bond acceptors (Lipinski definition) is 5. The Kier molecular flexibility index (Phi) is 2.97. The number of imidazole rings is 1. The first-order chi connectivity index (χ1) is 8.17. The summed E-state index contributed by atoms with van der Waals surface area (Å²) in [5.41, 5.74) is 7.09. The molecular weight excluding hydrogens is 222 g/mol. The number of carbonyl (C=O) groups excluding carboxylic acids is 1. The molecule has 17 heavy (non-hydrogen) atoms. The van der Waals surface area contributed by atoms with Crippen LogP contribution in [0.2, 0.25) is 0 Å². The Morgan fingerprint density at radius 3 is 3.00 bits per heavy atom. The molecule has 0 aliphatic heterocycles. The zero-order valence-electron chi connectivity index (χ0n) is 9.38. The van der Waals surface area contributed by atoms with E-state index < -0.39 is 5.97 Å². The molecule has 0 aromatic carbocycles. The van der Waals surface area contributed by atoms with Crippen LogP contribution in [0.4, 0.5) is 5.69 Å². The minimum absolute atomic E-state index is 0.0471. The summed E-state index contributed by atoms with van der Waals surface area (Å²) in [4.78, 5) is 15.7. The van der Waals surface area contributed by atoms with Gasteiger partial charge in [-0.1, -0.05) is 0 Å². The molecule has 0 saturated heterocycles. The quantitative estimate of drug-likeness (QED) is 0.744. The van der Waals surface area contributed by atoms with Crippen molar-refractivity contribution in [3.8, 4) is 0 Å². The number of aliphatic hydroxyl groups excluding tert-OH is 1. The Labute approximate surface area is 97.6 Å². The number of pyridine rings is 1. The summed E-state index contributed by atoms with van der Waals surface area (Å²) in [5, 5.41) is 8.95. The lowest BCUT2D eigenvalue weighted by Gasteiger charge is -2.00. The minimum atomic E-state index is -0.503. The van der Waals surface area contributed by atoms with E-state index in [1.54, 1.807) is 22.7 Å². The van der Waals surface area contributed by atoms with Gasteiger partial charge in [0.05, 0.1) is 19.2 Å². The molecule has 0 aliphatic carbocycles. The second-order valence-corrected chi connectivity index (χ2v) is 3.56. The van der Waals surface area contributed by atoms with Crippen LogP contribution in [-0.4, -0.2) is 34.2 Å². The average Bonchev–Trinajstić information content (AvgIpc) is 2.67. The van der Waals surface area contributed by atoms with E-state index in [9.17, 15) is 4.79 Å². The summed E-state index contributed by atoms with van der Waals surface area (Å²) in [6.07, 6.45) is 2.02. The van der Waals surface area contributed by atoms with Gasteiger partial charge < -0.3 is 20.0 Å². The third-order valence-electron chi connectivity index (χ3n) is 2.45. The molecule has 2 aromatic heterocycles. The Bertz CT molecular complexity index is 562. The van der Waals surface area contributed by atoms with Gasteiger partial charge in [0.1, 0.15) is 5.82 Å². The number of rotatable bonds is 3. The van der Waals surface area contributed by atoms with Crippen molar-refractivity contribution in [3.63, 3.8) is 0 Å². The number of methoxy groups -OCH3 is 1. The van der Waals surface area contributed by atoms with Gasteiger partial charge in [0, 0.05) is 18.3 Å². The molecule has 90 valence electrons. The van der Waals surface area contributed by atoms with Crippen molar-refractivity contribution in [1.82, 2.24) is 9.38 Å². The Morgan fingerprint density at radius 1 is 1.59 bits per heavy atom. The summed E-state index contributed by atoms with van der Waals surface area (Å²) in [6.45, 7) is -0.0471. The van der Waals surface area contributed by atoms with E-state index in [1.807, 2.05) is 0 Å². The molecule has 0 radical (unpaired) electrons. The Balaban J connectivity index is 2.66. The first-order valence-corrected chi connectivity index (χ1v) is 5.13. The standard InChI is InChI=1S/C11H13N3O3/c1-17-11(16)10-8-3-2-7(12)6-14(8)9(13-10)4-5-15/h2-3,6,15H,4-5,12H2,1H3. The summed E-state index contributed by atoms with van der Waals surface area (Å²) >= 11 is 0. The van der Waals surface area contributed by atoms with Gasteiger partial charge in [0.25, 0.3) is 0 Å². The van der Waals surface area contributed by atoms with E-state index in [-0.39, 0.29) is 12.3 Å². The fraction of sp³-hybridized carbons (Fsp3) is 0.273. The van der Waals surface area contributed by atoms with E-state index in [0.29, 0.717) is 23.4 Å². The molecule has 2 heterocycles. The van der Waals surface area contributed by atoms with Gasteiger partial charge in [0.2, 0.25) is 0 Å². The number of carbonyl (C=O) groups is 1. The topological polar surface area (TPSA) is 89.8 Å². The molecule has 6 heteroatoms. The molecule has 0 aliphatic rings. The van der Waals surface area contributed by atoms with Gasteiger partial charge in [-0.2, -0.15) is 0 Å². The van der Waals surface area contributed by atoms with Crippen molar-refractivity contribution >= 4 is 17.2 Å². The predicted octanol–water partition coefficient (Wildman–Crippen LogP) is 0.238. The molecule has 6 nitrogen and oxygen atoms in total. The van der Waals surface area contributed by atoms with Crippen LogP contribution in [0.15, 0.2) is 18.3 Å². The highest BCUT2D eigenvalue weighted by molar-refractivity contribution is 5.95. The van der Waals surface area contributed by atoms with Crippen molar-refractivity contribution in [1.29, 1.82) is 0 Å². The molecule has 3 N–H and O–H groups in total. The van der Waals surface area contributed by atoms with Crippen LogP contribution in [0.5, 0.6) is 0 Å². The molecule has 0 amide bonds. The number of nitrogen functional groups attached to an aromatic ring is 1. The maximum atomic E-state index is 11.5. The zero-order chi connectivity index (χ0) is 12.4. The molecule has 2 aromatic rings. The van der Waals surface area contributed by atoms with Crippen LogP contribution >= 0.6 is 0 Å². The number of hydrogen-bond donors (Lipinski definition) is 2. The lowest BCUT2D eigenvalue weighted by molar-refractivity contribution is 0.0596. The smallest absolute Gasteiger partial charge is 0.358 e. The Morgan fingerprint density at radius 2 is 2.35 bits per heavy atom. The summed E-state index contributed by atoms with van der Waals surface area (Å²) < 4.78 is 6.35. The number of nitrogens with zero attached hydrogens (tertiary/aromatic N) is 2. The number of anilines is 1. The molecule has 0 spiro atoms. The molecule has 0 bridgehead atoms. The normalized spacial score (nSPS) is 10.7. The SMILES string of the molecule is COC(=O)c1nc(CCO)n2cc(N)ccc12. The number of esters is 1.